The molecule has 21 heavy (non-hydrogen) atoms. The number of nitrogens with two attached hydrogens (primary N) is 1. The average molecular weight is 303 g/mol. The molecule has 0 atom stereocenters. The summed E-state index contributed by atoms with van der Waals surface area (Å²) in [6.45, 7) is 1.75. The van der Waals surface area contributed by atoms with E-state index in [1.165, 1.54) is 18.2 Å². The van der Waals surface area contributed by atoms with Crippen LogP contribution in [0.25, 0.3) is 0 Å². The van der Waals surface area contributed by atoms with Gasteiger partial charge in [-0.3, -0.25) is 0 Å². The lowest BCUT2D eigenvalue weighted by atomic mass is 10.2. The van der Waals surface area contributed by atoms with Gasteiger partial charge in [-0.2, -0.15) is 5.26 Å². The predicted octanol–water partition coefficient (Wildman–Crippen LogP) is 0.717. The quantitative estimate of drug-likeness (QED) is 0.802. The smallest absolute Gasteiger partial charge is 0.242 e. The lowest BCUT2D eigenvalue weighted by Crippen LogP contribution is -2.24. The summed E-state index contributed by atoms with van der Waals surface area (Å²) in [5.41, 5.74) is 6.57. The number of nitrogens with one attached hydrogen (secondary N) is 1. The summed E-state index contributed by atoms with van der Waals surface area (Å²) in [5, 5.41) is 8.75. The van der Waals surface area contributed by atoms with E-state index in [1.54, 1.807) is 19.2 Å². The number of aryl methyl sites for hydroxylation is 1. The molecule has 1 aromatic carbocycles. The van der Waals surface area contributed by atoms with E-state index in [0.717, 1.165) is 0 Å². The highest BCUT2D eigenvalue weighted by Crippen LogP contribution is 2.19. The van der Waals surface area contributed by atoms with Gasteiger partial charge in [0.15, 0.2) is 0 Å². The van der Waals surface area contributed by atoms with Crippen LogP contribution in [0.5, 0.6) is 0 Å². The number of rotatable bonds is 4. The molecule has 0 aliphatic rings. The van der Waals surface area contributed by atoms with Crippen LogP contribution in [0, 0.1) is 18.3 Å². The topological polar surface area (TPSA) is 122 Å². The number of nitrogens with zero attached hydrogens (tertiary/aromatic N) is 3. The van der Waals surface area contributed by atoms with Crippen molar-refractivity contribution in [2.75, 3.05) is 5.73 Å². The van der Waals surface area contributed by atoms with E-state index >= 15 is 0 Å². The number of nitrogen functional groups attached to an aromatic ring is 1. The molecule has 0 saturated carbocycles. The fourth-order valence-corrected chi connectivity index (χ4v) is 2.82. The first kappa shape index (κ1) is 14.9. The molecule has 0 unspecified atom stereocenters. The van der Waals surface area contributed by atoms with Crippen molar-refractivity contribution in [1.29, 1.82) is 5.26 Å². The number of nitriles is 1. The first-order valence-corrected chi connectivity index (χ1v) is 7.48. The zero-order chi connectivity index (χ0) is 15.5. The van der Waals surface area contributed by atoms with Crippen LogP contribution in [-0.2, 0) is 16.6 Å². The standard InChI is InChI=1S/C13H13N5O2S/c1-9-16-5-4-11(18-9)8-17-21(19,20)13-3-2-10(7-14)6-12(13)15/h2-6,17H,8,15H2,1H3. The normalized spacial score (nSPS) is 11.0. The Morgan fingerprint density at radius 3 is 2.76 bits per heavy atom. The first-order chi connectivity index (χ1) is 9.92. The maximum absolute atomic E-state index is 12.2. The number of aromatic nitrogens is 2. The summed E-state index contributed by atoms with van der Waals surface area (Å²) in [6, 6.07) is 7.55. The molecule has 0 amide bonds. The second kappa shape index (κ2) is 5.87. The Balaban J connectivity index is 2.21. The van der Waals surface area contributed by atoms with E-state index in [1.807, 2.05) is 6.07 Å². The molecule has 0 radical (unpaired) electrons. The Labute approximate surface area is 122 Å². The molecule has 2 aromatic rings. The highest BCUT2D eigenvalue weighted by molar-refractivity contribution is 7.89. The SMILES string of the molecule is Cc1nccc(CNS(=O)(=O)c2ccc(C#N)cc2N)n1. The number of hydrogen-bond acceptors (Lipinski definition) is 6. The zero-order valence-electron chi connectivity index (χ0n) is 11.2. The van der Waals surface area contributed by atoms with Gasteiger partial charge in [0.25, 0.3) is 0 Å². The van der Waals surface area contributed by atoms with Crippen molar-refractivity contribution in [1.82, 2.24) is 14.7 Å². The van der Waals surface area contributed by atoms with E-state index in [9.17, 15) is 8.42 Å². The third-order valence-electron chi connectivity index (χ3n) is 2.71. The van der Waals surface area contributed by atoms with Gasteiger partial charge in [0.2, 0.25) is 10.0 Å². The third-order valence-corrected chi connectivity index (χ3v) is 4.18. The largest absolute Gasteiger partial charge is 0.398 e. The molecule has 0 spiro atoms. The van der Waals surface area contributed by atoms with E-state index in [0.29, 0.717) is 17.1 Å². The Morgan fingerprint density at radius 1 is 1.38 bits per heavy atom. The molecular formula is C13H13N5O2S. The molecule has 1 aromatic heterocycles. The van der Waals surface area contributed by atoms with Gasteiger partial charge >= 0.3 is 0 Å². The minimum Gasteiger partial charge on any atom is -0.398 e. The van der Waals surface area contributed by atoms with Crippen molar-refractivity contribution in [3.05, 3.63) is 47.5 Å². The molecule has 7 nitrogen and oxygen atoms in total. The number of sulfonamides is 1. The van der Waals surface area contributed by atoms with Crippen LogP contribution < -0.4 is 10.5 Å². The lowest BCUT2D eigenvalue weighted by molar-refractivity contribution is 0.580. The molecule has 1 heterocycles. The van der Waals surface area contributed by atoms with Crippen molar-refractivity contribution < 1.29 is 8.42 Å². The molecule has 0 bridgehead atoms. The Hall–Kier alpha value is -2.50. The molecule has 108 valence electrons. The van der Waals surface area contributed by atoms with Gasteiger partial charge < -0.3 is 5.73 Å². The predicted molar refractivity (Wildman–Crippen MR) is 76.4 cm³/mol. The van der Waals surface area contributed by atoms with E-state index < -0.39 is 10.0 Å². The second-order valence-electron chi connectivity index (χ2n) is 4.28. The number of hydrogen-bond donors (Lipinski definition) is 2. The summed E-state index contributed by atoms with van der Waals surface area (Å²) >= 11 is 0. The first-order valence-electron chi connectivity index (χ1n) is 6.00. The second-order valence-corrected chi connectivity index (χ2v) is 6.02. The van der Waals surface area contributed by atoms with Crippen molar-refractivity contribution in [2.24, 2.45) is 0 Å². The summed E-state index contributed by atoms with van der Waals surface area (Å²) in [6.07, 6.45) is 1.56. The van der Waals surface area contributed by atoms with Crippen LogP contribution in [0.2, 0.25) is 0 Å². The van der Waals surface area contributed by atoms with Crippen molar-refractivity contribution >= 4 is 15.7 Å². The Morgan fingerprint density at radius 2 is 2.14 bits per heavy atom. The van der Waals surface area contributed by atoms with E-state index in [-0.39, 0.29) is 17.1 Å². The maximum atomic E-state index is 12.2. The fraction of sp³-hybridized carbons (Fsp3) is 0.154. The molecule has 0 aliphatic heterocycles. The molecule has 3 N–H and O–H groups in total. The Kier molecular flexibility index (Phi) is 4.16. The molecule has 0 fully saturated rings. The van der Waals surface area contributed by atoms with Crippen LogP contribution in [0.3, 0.4) is 0 Å². The minimum atomic E-state index is -3.77. The lowest BCUT2D eigenvalue weighted by Gasteiger charge is -2.09. The zero-order valence-corrected chi connectivity index (χ0v) is 12.1. The van der Waals surface area contributed by atoms with Gasteiger partial charge in [-0.25, -0.2) is 23.1 Å². The average Bonchev–Trinajstić information content (AvgIpc) is 2.45. The van der Waals surface area contributed by atoms with Crippen molar-refractivity contribution in [2.45, 2.75) is 18.4 Å². The van der Waals surface area contributed by atoms with Crippen LogP contribution >= 0.6 is 0 Å². The molecule has 0 saturated heterocycles. The molecular weight excluding hydrogens is 290 g/mol. The monoisotopic (exact) mass is 303 g/mol. The van der Waals surface area contributed by atoms with Crippen LogP contribution in [0.15, 0.2) is 35.4 Å². The van der Waals surface area contributed by atoms with Crippen molar-refractivity contribution in [3.63, 3.8) is 0 Å². The van der Waals surface area contributed by atoms with Crippen LogP contribution in [-0.4, -0.2) is 18.4 Å². The number of benzene rings is 1. The molecule has 0 aliphatic carbocycles. The number of anilines is 1. The van der Waals surface area contributed by atoms with E-state index in [2.05, 4.69) is 14.7 Å². The van der Waals surface area contributed by atoms with Gasteiger partial charge in [0, 0.05) is 6.20 Å². The summed E-state index contributed by atoms with van der Waals surface area (Å²) in [5.74, 6) is 0.560. The summed E-state index contributed by atoms with van der Waals surface area (Å²) < 4.78 is 26.8. The summed E-state index contributed by atoms with van der Waals surface area (Å²) in [7, 11) is -3.77. The van der Waals surface area contributed by atoms with Gasteiger partial charge in [0.1, 0.15) is 10.7 Å². The fourth-order valence-electron chi connectivity index (χ4n) is 1.71. The molecule has 8 heteroatoms. The van der Waals surface area contributed by atoms with Gasteiger partial charge in [-0.15, -0.1) is 0 Å². The highest BCUT2D eigenvalue weighted by atomic mass is 32.2. The Bertz CT molecular complexity index is 812. The minimum absolute atomic E-state index is 0.0282. The maximum Gasteiger partial charge on any atom is 0.242 e. The van der Waals surface area contributed by atoms with Gasteiger partial charge in [0.05, 0.1) is 29.6 Å². The third kappa shape index (κ3) is 3.53. The van der Waals surface area contributed by atoms with Gasteiger partial charge in [-0.1, -0.05) is 0 Å². The van der Waals surface area contributed by atoms with Crippen LogP contribution in [0.1, 0.15) is 17.1 Å². The van der Waals surface area contributed by atoms with Crippen molar-refractivity contribution in [3.8, 4) is 6.07 Å². The van der Waals surface area contributed by atoms with E-state index in [4.69, 9.17) is 11.0 Å². The highest BCUT2D eigenvalue weighted by Gasteiger charge is 2.17. The van der Waals surface area contributed by atoms with Gasteiger partial charge in [-0.05, 0) is 31.2 Å². The van der Waals surface area contributed by atoms with Crippen LogP contribution in [0.4, 0.5) is 5.69 Å². The molecule has 2 rings (SSSR count). The summed E-state index contributed by atoms with van der Waals surface area (Å²) in [4.78, 5) is 7.98.